The second kappa shape index (κ2) is 6.05. The minimum absolute atomic E-state index is 0.118. The molecule has 9 heteroatoms. The molecule has 0 aromatic carbocycles. The average molecular weight is 263 g/mol. The normalized spacial score (nSPS) is 12.2. The number of aromatic amines is 1. The Bertz CT molecular complexity index is 444. The molecule has 8 nitrogen and oxygen atoms in total. The second-order valence-corrected chi connectivity index (χ2v) is 5.35. The molecule has 0 atom stereocenters. The van der Waals surface area contributed by atoms with Crippen LogP contribution < -0.4 is 4.72 Å². The number of rotatable bonds is 7. The molecule has 98 valence electrons. The van der Waals surface area contributed by atoms with Crippen molar-refractivity contribution in [2.45, 2.75) is 13.5 Å². The van der Waals surface area contributed by atoms with Crippen LogP contribution in [0.4, 0.5) is 0 Å². The van der Waals surface area contributed by atoms with Gasteiger partial charge in [0.15, 0.2) is 5.82 Å². The van der Waals surface area contributed by atoms with Crippen LogP contribution in [0.3, 0.4) is 0 Å². The summed E-state index contributed by atoms with van der Waals surface area (Å²) < 4.78 is 31.7. The van der Waals surface area contributed by atoms with Gasteiger partial charge in [-0.25, -0.2) is 4.98 Å². The van der Waals surface area contributed by atoms with E-state index in [4.69, 9.17) is 4.74 Å². The molecule has 1 aromatic heterocycles. The Kier molecular flexibility index (Phi) is 5.00. The molecular formula is C8H17N5O3S. The number of methoxy groups -OCH3 is 1. The molecule has 1 rings (SSSR count). The van der Waals surface area contributed by atoms with Crippen LogP contribution in [0.5, 0.6) is 0 Å². The Balaban J connectivity index is 2.53. The van der Waals surface area contributed by atoms with E-state index in [0.29, 0.717) is 18.3 Å². The van der Waals surface area contributed by atoms with Gasteiger partial charge in [0.05, 0.1) is 13.2 Å². The molecule has 0 fully saturated rings. The van der Waals surface area contributed by atoms with E-state index < -0.39 is 10.2 Å². The van der Waals surface area contributed by atoms with Gasteiger partial charge in [-0.3, -0.25) is 5.10 Å². The molecule has 0 aliphatic rings. The monoisotopic (exact) mass is 263 g/mol. The van der Waals surface area contributed by atoms with Gasteiger partial charge in [0, 0.05) is 20.7 Å². The summed E-state index contributed by atoms with van der Waals surface area (Å²) in [5, 5.41) is 6.53. The van der Waals surface area contributed by atoms with Gasteiger partial charge in [0.25, 0.3) is 10.2 Å². The lowest BCUT2D eigenvalue weighted by atomic mass is 10.6. The van der Waals surface area contributed by atoms with Crippen molar-refractivity contribution in [3.63, 3.8) is 0 Å². The first-order valence-electron chi connectivity index (χ1n) is 5.03. The fourth-order valence-corrected chi connectivity index (χ4v) is 1.97. The van der Waals surface area contributed by atoms with Gasteiger partial charge < -0.3 is 4.74 Å². The second-order valence-electron chi connectivity index (χ2n) is 3.49. The number of H-pyrrole nitrogens is 1. The first kappa shape index (κ1) is 14.0. The molecule has 0 spiro atoms. The van der Waals surface area contributed by atoms with E-state index in [1.165, 1.54) is 14.2 Å². The van der Waals surface area contributed by atoms with Crippen molar-refractivity contribution in [1.82, 2.24) is 24.2 Å². The first-order valence-corrected chi connectivity index (χ1v) is 6.47. The summed E-state index contributed by atoms with van der Waals surface area (Å²) in [5.41, 5.74) is 0. The highest BCUT2D eigenvalue weighted by atomic mass is 32.2. The lowest BCUT2D eigenvalue weighted by Crippen LogP contribution is -2.39. The molecule has 0 bridgehead atoms. The summed E-state index contributed by atoms with van der Waals surface area (Å²) in [6.45, 7) is 2.43. The Morgan fingerprint density at radius 1 is 1.53 bits per heavy atom. The summed E-state index contributed by atoms with van der Waals surface area (Å²) in [6.07, 6.45) is 0. The lowest BCUT2D eigenvalue weighted by molar-refractivity contribution is 0.204. The van der Waals surface area contributed by atoms with E-state index >= 15 is 0 Å². The molecule has 0 aliphatic heterocycles. The number of hydrogen-bond donors (Lipinski definition) is 2. The highest BCUT2D eigenvalue weighted by Crippen LogP contribution is 2.00. The summed E-state index contributed by atoms with van der Waals surface area (Å²) >= 11 is 0. The van der Waals surface area contributed by atoms with Crippen molar-refractivity contribution in [2.75, 3.05) is 27.3 Å². The van der Waals surface area contributed by atoms with Crippen LogP contribution in [0.2, 0.25) is 0 Å². The number of aromatic nitrogens is 3. The minimum atomic E-state index is -3.51. The van der Waals surface area contributed by atoms with Gasteiger partial charge in [-0.15, -0.1) is 0 Å². The minimum Gasteiger partial charge on any atom is -0.383 e. The summed E-state index contributed by atoms with van der Waals surface area (Å²) in [5.74, 6) is 1.08. The maximum Gasteiger partial charge on any atom is 0.279 e. The third kappa shape index (κ3) is 4.38. The zero-order valence-corrected chi connectivity index (χ0v) is 10.9. The van der Waals surface area contributed by atoms with Crippen molar-refractivity contribution in [3.05, 3.63) is 11.6 Å². The molecule has 0 unspecified atom stereocenters. The van der Waals surface area contributed by atoms with E-state index in [1.807, 2.05) is 0 Å². The number of hydrogen-bond acceptors (Lipinski definition) is 5. The number of ether oxygens (including phenoxy) is 1. The van der Waals surface area contributed by atoms with E-state index in [2.05, 4.69) is 19.9 Å². The molecule has 17 heavy (non-hydrogen) atoms. The van der Waals surface area contributed by atoms with Gasteiger partial charge in [0.2, 0.25) is 0 Å². The van der Waals surface area contributed by atoms with Crippen LogP contribution >= 0.6 is 0 Å². The van der Waals surface area contributed by atoms with Crippen molar-refractivity contribution < 1.29 is 13.2 Å². The van der Waals surface area contributed by atoms with Gasteiger partial charge in [-0.1, -0.05) is 0 Å². The topological polar surface area (TPSA) is 100 Å². The Hall–Kier alpha value is -1.03. The summed E-state index contributed by atoms with van der Waals surface area (Å²) in [4.78, 5) is 4.04. The third-order valence-corrected chi connectivity index (χ3v) is 3.53. The average Bonchev–Trinajstić information content (AvgIpc) is 2.64. The zero-order chi connectivity index (χ0) is 12.9. The van der Waals surface area contributed by atoms with Gasteiger partial charge >= 0.3 is 0 Å². The van der Waals surface area contributed by atoms with Crippen LogP contribution in [0.25, 0.3) is 0 Å². The summed E-state index contributed by atoms with van der Waals surface area (Å²) in [6, 6.07) is 0. The van der Waals surface area contributed by atoms with Crippen LogP contribution in [-0.4, -0.2) is 55.2 Å². The maximum absolute atomic E-state index is 11.7. The molecule has 0 amide bonds. The Morgan fingerprint density at radius 3 is 2.76 bits per heavy atom. The van der Waals surface area contributed by atoms with Gasteiger partial charge in [-0.05, 0) is 6.92 Å². The van der Waals surface area contributed by atoms with Crippen molar-refractivity contribution in [3.8, 4) is 0 Å². The maximum atomic E-state index is 11.7. The van der Waals surface area contributed by atoms with Crippen molar-refractivity contribution >= 4 is 10.2 Å². The highest BCUT2D eigenvalue weighted by Gasteiger charge is 2.18. The highest BCUT2D eigenvalue weighted by molar-refractivity contribution is 7.87. The lowest BCUT2D eigenvalue weighted by Gasteiger charge is -2.15. The van der Waals surface area contributed by atoms with Gasteiger partial charge in [0.1, 0.15) is 5.82 Å². The van der Waals surface area contributed by atoms with E-state index in [1.54, 1.807) is 6.92 Å². The Morgan fingerprint density at radius 2 is 2.24 bits per heavy atom. The SMILES string of the molecule is COCCNS(=O)(=O)N(C)Cc1n[nH]c(C)n1. The van der Waals surface area contributed by atoms with Crippen LogP contribution in [0, 0.1) is 6.92 Å². The molecular weight excluding hydrogens is 246 g/mol. The smallest absolute Gasteiger partial charge is 0.279 e. The fraction of sp³-hybridized carbons (Fsp3) is 0.750. The number of aryl methyl sites for hydroxylation is 1. The molecule has 0 radical (unpaired) electrons. The summed E-state index contributed by atoms with van der Waals surface area (Å²) in [7, 11) is -0.544. The molecule has 0 saturated heterocycles. The molecule has 0 saturated carbocycles. The largest absolute Gasteiger partial charge is 0.383 e. The predicted octanol–water partition coefficient (Wildman–Crippen LogP) is -0.974. The number of nitrogens with one attached hydrogen (secondary N) is 2. The molecule has 1 aromatic rings. The first-order chi connectivity index (χ1) is 7.95. The predicted molar refractivity (Wildman–Crippen MR) is 61.4 cm³/mol. The van der Waals surface area contributed by atoms with Crippen LogP contribution in [0.1, 0.15) is 11.6 Å². The van der Waals surface area contributed by atoms with E-state index in [9.17, 15) is 8.42 Å². The van der Waals surface area contributed by atoms with E-state index in [-0.39, 0.29) is 13.1 Å². The molecule has 1 heterocycles. The fourth-order valence-electron chi connectivity index (χ4n) is 1.13. The molecule has 0 aliphatic carbocycles. The standard InChI is InChI=1S/C8H17N5O3S/c1-7-10-8(12-11-7)6-13(2)17(14,15)9-4-5-16-3/h9H,4-6H2,1-3H3,(H,10,11,12). The third-order valence-electron chi connectivity index (χ3n) is 2.01. The number of nitrogens with zero attached hydrogens (tertiary/aromatic N) is 3. The van der Waals surface area contributed by atoms with Crippen molar-refractivity contribution in [2.24, 2.45) is 0 Å². The zero-order valence-electron chi connectivity index (χ0n) is 10.1. The molecule has 2 N–H and O–H groups in total. The van der Waals surface area contributed by atoms with E-state index in [0.717, 1.165) is 4.31 Å². The van der Waals surface area contributed by atoms with Crippen LogP contribution in [0.15, 0.2) is 0 Å². The Labute approximate surface area is 101 Å². The quantitative estimate of drug-likeness (QED) is 0.616. The van der Waals surface area contributed by atoms with Crippen LogP contribution in [-0.2, 0) is 21.5 Å². The van der Waals surface area contributed by atoms with Gasteiger partial charge in [-0.2, -0.15) is 22.5 Å². The van der Waals surface area contributed by atoms with Crippen molar-refractivity contribution in [1.29, 1.82) is 0 Å².